The minimum Gasteiger partial charge on any atom is -0.483 e. The minimum absolute atomic E-state index is 0.130. The number of carbonyl (C=O) groups is 3. The van der Waals surface area contributed by atoms with Gasteiger partial charge in [-0.05, 0) is 43.5 Å². The summed E-state index contributed by atoms with van der Waals surface area (Å²) in [5.41, 5.74) is 6.42. The van der Waals surface area contributed by atoms with Crippen molar-refractivity contribution in [1.29, 1.82) is 5.26 Å². The van der Waals surface area contributed by atoms with Gasteiger partial charge in [0.05, 0.1) is 29.6 Å². The molecule has 4 rings (SSSR count). The molecule has 0 fully saturated rings. The van der Waals surface area contributed by atoms with Crippen molar-refractivity contribution in [1.82, 2.24) is 34.8 Å². The number of hydrogen-bond acceptors (Lipinski definition) is 9. The molecule has 0 saturated carbocycles. The Kier molecular flexibility index (Phi) is 11.6. The highest BCUT2D eigenvalue weighted by atomic mass is 19.4. The number of fused-ring (bicyclic) bond motifs is 1. The number of aromatic nitrogens is 5. The van der Waals surface area contributed by atoms with E-state index in [1.54, 1.807) is 31.2 Å². The number of hydrogen-bond donors (Lipinski definition) is 5. The number of imidazole rings is 1. The topological polar surface area (TPSA) is 205 Å². The number of benzene rings is 1. The fourth-order valence-electron chi connectivity index (χ4n) is 4.26. The van der Waals surface area contributed by atoms with Crippen LogP contribution in [-0.2, 0) is 28.7 Å². The third kappa shape index (κ3) is 8.54. The maximum absolute atomic E-state index is 13.7. The number of anilines is 2. The van der Waals surface area contributed by atoms with Gasteiger partial charge in [-0.1, -0.05) is 6.92 Å². The van der Waals surface area contributed by atoms with Gasteiger partial charge in [-0.3, -0.25) is 23.5 Å². The predicted molar refractivity (Wildman–Crippen MR) is 156 cm³/mol. The second kappa shape index (κ2) is 15.3. The summed E-state index contributed by atoms with van der Waals surface area (Å²) in [5, 5.41) is 28.0. The molecule has 0 spiro atoms. The lowest BCUT2D eigenvalue weighted by Gasteiger charge is -2.13. The number of alkyl halides is 3. The number of nitrogens with two attached hydrogens (primary N) is 1. The predicted octanol–water partition coefficient (Wildman–Crippen LogP) is 2.73. The lowest BCUT2D eigenvalue weighted by Crippen LogP contribution is -2.39. The third-order valence-corrected chi connectivity index (χ3v) is 6.31. The zero-order chi connectivity index (χ0) is 33.1. The largest absolute Gasteiger partial charge is 0.483 e. The maximum Gasteiger partial charge on any atom is 0.435 e. The number of nitriles is 1. The molecule has 0 aliphatic heterocycles. The zero-order valence-electron chi connectivity index (χ0n) is 24.3. The highest BCUT2D eigenvalue weighted by molar-refractivity contribution is 5.96. The number of nitrogens with zero attached hydrogens (tertiary/aromatic N) is 6. The number of halogens is 3. The molecule has 0 bridgehead atoms. The van der Waals surface area contributed by atoms with Gasteiger partial charge in [-0.15, -0.1) is 0 Å². The molecule has 45 heavy (non-hydrogen) atoms. The molecule has 2 amide bonds. The quantitative estimate of drug-likeness (QED) is 0.121. The van der Waals surface area contributed by atoms with Crippen LogP contribution in [0.25, 0.3) is 16.9 Å². The van der Waals surface area contributed by atoms with Crippen molar-refractivity contribution in [3.05, 3.63) is 59.8 Å². The van der Waals surface area contributed by atoms with Crippen LogP contribution in [0.1, 0.15) is 41.9 Å². The fraction of sp³-hybridized carbons (Fsp3) is 0.321. The van der Waals surface area contributed by atoms with Crippen molar-refractivity contribution in [3.63, 3.8) is 0 Å². The van der Waals surface area contributed by atoms with Crippen molar-refractivity contribution < 1.29 is 32.7 Å². The second-order valence-electron chi connectivity index (χ2n) is 9.50. The summed E-state index contributed by atoms with van der Waals surface area (Å²) in [6.07, 6.45) is 1.72. The van der Waals surface area contributed by atoms with Crippen LogP contribution in [0, 0.1) is 11.3 Å². The Morgan fingerprint density at radius 1 is 1.22 bits per heavy atom. The number of carboxylic acid groups (broad SMARTS) is 1. The number of aryl methyl sites for hydroxylation is 1. The van der Waals surface area contributed by atoms with Gasteiger partial charge >= 0.3 is 6.18 Å². The van der Waals surface area contributed by atoms with Crippen LogP contribution in [0.2, 0.25) is 0 Å². The van der Waals surface area contributed by atoms with Crippen LogP contribution in [0.4, 0.5) is 24.7 Å². The summed E-state index contributed by atoms with van der Waals surface area (Å²) in [4.78, 5) is 41.3. The number of rotatable bonds is 11. The SMILES string of the molecule is CCc1cc(Nc2nccn3c(-c4cn(CC#N)nc4C(F)(F)F)cnc23)ccc1C(=O)NCCCNC(=O)[C@@H](C)N.O=CO. The third-order valence-electron chi connectivity index (χ3n) is 6.31. The Morgan fingerprint density at radius 3 is 2.58 bits per heavy atom. The molecular weight excluding hydrogens is 597 g/mol. The van der Waals surface area contributed by atoms with Gasteiger partial charge in [-0.2, -0.15) is 23.5 Å². The van der Waals surface area contributed by atoms with E-state index < -0.39 is 17.9 Å². The Hall–Kier alpha value is -5.50. The van der Waals surface area contributed by atoms with E-state index in [0.29, 0.717) is 37.2 Å². The van der Waals surface area contributed by atoms with E-state index in [4.69, 9.17) is 20.9 Å². The monoisotopic (exact) mass is 628 g/mol. The van der Waals surface area contributed by atoms with Crippen LogP contribution in [0.15, 0.2) is 43.0 Å². The molecule has 238 valence electrons. The van der Waals surface area contributed by atoms with Gasteiger partial charge in [0.15, 0.2) is 17.2 Å². The standard InChI is InChI=1S/C27H29F3N10O2.CH2O2/c1-3-17-13-18(5-6-19(17)26(42)35-9-4-8-34-25(41)16(2)32)37-23-24-36-14-21(40(24)12-10-33-23)20-15-39(11-7-31)38-22(20)27(28,29)30;2-1-3/h5-6,10,12-16H,3-4,8-9,11,32H2,1-2H3,(H,33,37)(H,34,41)(H,35,42);1H,(H,2,3)/t16-;/m1./s1. The summed E-state index contributed by atoms with van der Waals surface area (Å²) in [7, 11) is 0. The zero-order valence-corrected chi connectivity index (χ0v) is 24.3. The molecule has 3 aromatic heterocycles. The first kappa shape index (κ1) is 34.0. The van der Waals surface area contributed by atoms with Gasteiger partial charge in [0.1, 0.15) is 6.54 Å². The molecule has 3 heterocycles. The van der Waals surface area contributed by atoms with Crippen LogP contribution in [-0.4, -0.2) is 66.7 Å². The summed E-state index contributed by atoms with van der Waals surface area (Å²) in [6, 6.07) is 6.34. The Balaban J connectivity index is 0.00000177. The Bertz CT molecular complexity index is 1690. The first-order valence-electron chi connectivity index (χ1n) is 13.6. The first-order valence-corrected chi connectivity index (χ1v) is 13.6. The highest BCUT2D eigenvalue weighted by Gasteiger charge is 2.38. The number of nitrogens with one attached hydrogen (secondary N) is 3. The molecule has 0 unspecified atom stereocenters. The average Bonchev–Trinajstić information content (AvgIpc) is 3.62. The van der Waals surface area contributed by atoms with Crippen molar-refractivity contribution in [2.75, 3.05) is 18.4 Å². The van der Waals surface area contributed by atoms with Crippen molar-refractivity contribution in [2.24, 2.45) is 5.73 Å². The van der Waals surface area contributed by atoms with Gasteiger partial charge in [0, 0.05) is 42.9 Å². The van der Waals surface area contributed by atoms with E-state index in [1.807, 2.05) is 6.92 Å². The first-order chi connectivity index (χ1) is 21.4. The molecule has 1 atom stereocenters. The Labute approximate surface area is 255 Å². The van der Waals surface area contributed by atoms with Crippen molar-refractivity contribution in [2.45, 2.75) is 45.5 Å². The Morgan fingerprint density at radius 2 is 1.93 bits per heavy atom. The molecule has 0 radical (unpaired) electrons. The van der Waals surface area contributed by atoms with Crippen molar-refractivity contribution in [3.8, 4) is 17.3 Å². The van der Waals surface area contributed by atoms with E-state index >= 15 is 0 Å². The van der Waals surface area contributed by atoms with E-state index in [9.17, 15) is 22.8 Å². The highest BCUT2D eigenvalue weighted by Crippen LogP contribution is 2.37. The molecular formula is C28H31F3N10O4. The summed E-state index contributed by atoms with van der Waals surface area (Å²) >= 11 is 0. The molecule has 0 aliphatic carbocycles. The van der Waals surface area contributed by atoms with E-state index in [1.165, 1.54) is 23.0 Å². The molecule has 0 aliphatic rings. The lowest BCUT2D eigenvalue weighted by atomic mass is 10.0. The van der Waals surface area contributed by atoms with Crippen LogP contribution in [0.3, 0.4) is 0 Å². The summed E-state index contributed by atoms with van der Waals surface area (Å²) in [6.45, 7) is 3.66. The van der Waals surface area contributed by atoms with Gasteiger partial charge in [0.25, 0.3) is 12.4 Å². The molecule has 0 saturated heterocycles. The van der Waals surface area contributed by atoms with E-state index in [-0.39, 0.29) is 47.6 Å². The lowest BCUT2D eigenvalue weighted by molar-refractivity contribution is -0.141. The second-order valence-corrected chi connectivity index (χ2v) is 9.50. The normalized spacial score (nSPS) is 11.6. The van der Waals surface area contributed by atoms with Gasteiger partial charge in [0.2, 0.25) is 5.91 Å². The smallest absolute Gasteiger partial charge is 0.435 e. The fourth-order valence-corrected chi connectivity index (χ4v) is 4.26. The van der Waals surface area contributed by atoms with E-state index in [0.717, 1.165) is 16.4 Å². The molecule has 6 N–H and O–H groups in total. The number of amides is 2. The van der Waals surface area contributed by atoms with Gasteiger partial charge in [-0.25, -0.2) is 9.97 Å². The van der Waals surface area contributed by atoms with Crippen LogP contribution < -0.4 is 21.7 Å². The molecule has 1 aromatic carbocycles. The molecule has 14 nitrogen and oxygen atoms in total. The minimum atomic E-state index is -4.74. The molecule has 4 aromatic rings. The summed E-state index contributed by atoms with van der Waals surface area (Å²) in [5.74, 6) is -0.227. The van der Waals surface area contributed by atoms with Crippen LogP contribution >= 0.6 is 0 Å². The summed E-state index contributed by atoms with van der Waals surface area (Å²) < 4.78 is 43.5. The number of carbonyl (C=O) groups excluding carboxylic acids is 2. The average molecular weight is 629 g/mol. The molecule has 17 heteroatoms. The maximum atomic E-state index is 13.7. The van der Waals surface area contributed by atoms with Gasteiger partial charge < -0.3 is 26.8 Å². The van der Waals surface area contributed by atoms with Crippen molar-refractivity contribution >= 4 is 35.4 Å². The van der Waals surface area contributed by atoms with Crippen LogP contribution in [0.5, 0.6) is 0 Å². The van der Waals surface area contributed by atoms with E-state index in [2.05, 4.69) is 31.0 Å².